The summed E-state index contributed by atoms with van der Waals surface area (Å²) in [5.41, 5.74) is 6.13. The van der Waals surface area contributed by atoms with Gasteiger partial charge in [0.1, 0.15) is 0 Å². The number of ether oxygens (including phenoxy) is 2. The van der Waals surface area contributed by atoms with Crippen LogP contribution in [0, 0.1) is 5.92 Å². The Balaban J connectivity index is 1.94. The van der Waals surface area contributed by atoms with Crippen molar-refractivity contribution in [2.75, 3.05) is 19.0 Å². The van der Waals surface area contributed by atoms with Gasteiger partial charge < -0.3 is 15.2 Å². The SMILES string of the molecule is CC(C)CCS(=O)C1CC2(CCC1N)OCCO2. The lowest BCUT2D eigenvalue weighted by molar-refractivity contribution is -0.177. The molecule has 0 radical (unpaired) electrons. The zero-order valence-electron chi connectivity index (χ0n) is 11.4. The van der Waals surface area contributed by atoms with Crippen LogP contribution < -0.4 is 5.73 Å². The second kappa shape index (κ2) is 5.99. The molecule has 0 aromatic carbocycles. The highest BCUT2D eigenvalue weighted by atomic mass is 32.2. The lowest BCUT2D eigenvalue weighted by atomic mass is 9.90. The van der Waals surface area contributed by atoms with Gasteiger partial charge in [-0.3, -0.25) is 4.21 Å². The topological polar surface area (TPSA) is 61.6 Å². The Morgan fingerprint density at radius 2 is 2.06 bits per heavy atom. The molecule has 1 saturated heterocycles. The molecule has 1 aliphatic heterocycles. The van der Waals surface area contributed by atoms with Crippen LogP contribution in [-0.4, -0.2) is 40.3 Å². The molecule has 2 aliphatic rings. The summed E-state index contributed by atoms with van der Waals surface area (Å²) < 4.78 is 23.8. The van der Waals surface area contributed by atoms with E-state index in [0.717, 1.165) is 25.0 Å². The number of nitrogens with two attached hydrogens (primary N) is 1. The summed E-state index contributed by atoms with van der Waals surface area (Å²) in [5.74, 6) is 0.849. The van der Waals surface area contributed by atoms with E-state index in [0.29, 0.717) is 25.6 Å². The lowest BCUT2D eigenvalue weighted by Crippen LogP contribution is -2.51. The Morgan fingerprint density at radius 3 is 2.67 bits per heavy atom. The summed E-state index contributed by atoms with van der Waals surface area (Å²) in [4.78, 5) is 0. The molecule has 2 rings (SSSR count). The van der Waals surface area contributed by atoms with Crippen LogP contribution in [0.5, 0.6) is 0 Å². The van der Waals surface area contributed by atoms with Gasteiger partial charge in [0, 0.05) is 35.4 Å². The van der Waals surface area contributed by atoms with Gasteiger partial charge in [0.15, 0.2) is 5.79 Å². The van der Waals surface area contributed by atoms with Crippen molar-refractivity contribution < 1.29 is 13.7 Å². The molecule has 4 nitrogen and oxygen atoms in total. The minimum atomic E-state index is -0.864. The van der Waals surface area contributed by atoms with Crippen molar-refractivity contribution in [3.8, 4) is 0 Å². The summed E-state index contributed by atoms with van der Waals surface area (Å²) >= 11 is 0. The summed E-state index contributed by atoms with van der Waals surface area (Å²) in [7, 11) is -0.864. The Hall–Kier alpha value is 0.0300. The Bertz CT molecular complexity index is 303. The Morgan fingerprint density at radius 1 is 1.39 bits per heavy atom. The predicted molar refractivity (Wildman–Crippen MR) is 72.7 cm³/mol. The standard InChI is InChI=1S/C13H25NO3S/c1-10(2)4-8-18(15)12-9-13(5-3-11(12)14)16-6-7-17-13/h10-12H,3-9,14H2,1-2H3. The predicted octanol–water partition coefficient (Wildman–Crippen LogP) is 1.40. The van der Waals surface area contributed by atoms with Crippen molar-refractivity contribution in [1.82, 2.24) is 0 Å². The fourth-order valence-electron chi connectivity index (χ4n) is 2.68. The number of hydrogen-bond acceptors (Lipinski definition) is 4. The maximum absolute atomic E-state index is 12.4. The molecule has 0 aromatic rings. The highest BCUT2D eigenvalue weighted by Gasteiger charge is 2.45. The fourth-order valence-corrected chi connectivity index (χ4v) is 4.66. The smallest absolute Gasteiger partial charge is 0.169 e. The Labute approximate surface area is 112 Å². The first-order chi connectivity index (χ1) is 8.52. The van der Waals surface area contributed by atoms with E-state index in [1.54, 1.807) is 0 Å². The minimum Gasteiger partial charge on any atom is -0.347 e. The van der Waals surface area contributed by atoms with Gasteiger partial charge in [0.2, 0.25) is 0 Å². The van der Waals surface area contributed by atoms with Gasteiger partial charge in [-0.15, -0.1) is 0 Å². The van der Waals surface area contributed by atoms with E-state index in [-0.39, 0.29) is 11.3 Å². The molecule has 2 N–H and O–H groups in total. The van der Waals surface area contributed by atoms with Crippen LogP contribution >= 0.6 is 0 Å². The maximum atomic E-state index is 12.4. The zero-order valence-corrected chi connectivity index (χ0v) is 12.2. The average molecular weight is 275 g/mol. The number of hydrogen-bond donors (Lipinski definition) is 1. The highest BCUT2D eigenvalue weighted by molar-refractivity contribution is 7.85. The third-order valence-corrected chi connectivity index (χ3v) is 5.73. The van der Waals surface area contributed by atoms with Crippen molar-refractivity contribution in [2.45, 2.75) is 56.6 Å². The molecule has 1 saturated carbocycles. The molecule has 1 aliphatic carbocycles. The van der Waals surface area contributed by atoms with E-state index < -0.39 is 16.6 Å². The largest absolute Gasteiger partial charge is 0.347 e. The highest BCUT2D eigenvalue weighted by Crippen LogP contribution is 2.37. The molecule has 2 fully saturated rings. The van der Waals surface area contributed by atoms with Crippen LogP contribution in [0.15, 0.2) is 0 Å². The van der Waals surface area contributed by atoms with Crippen molar-refractivity contribution in [3.05, 3.63) is 0 Å². The molecule has 0 aromatic heterocycles. The van der Waals surface area contributed by atoms with Gasteiger partial charge in [-0.1, -0.05) is 13.8 Å². The van der Waals surface area contributed by atoms with E-state index in [4.69, 9.17) is 15.2 Å². The first-order valence-corrected chi connectivity index (χ1v) is 8.31. The lowest BCUT2D eigenvalue weighted by Gasteiger charge is -2.39. The molecular weight excluding hydrogens is 250 g/mol. The van der Waals surface area contributed by atoms with E-state index in [1.165, 1.54) is 0 Å². The van der Waals surface area contributed by atoms with Crippen molar-refractivity contribution >= 4 is 10.8 Å². The van der Waals surface area contributed by atoms with Gasteiger partial charge in [-0.25, -0.2) is 0 Å². The van der Waals surface area contributed by atoms with Crippen molar-refractivity contribution in [3.63, 3.8) is 0 Å². The van der Waals surface area contributed by atoms with Crippen molar-refractivity contribution in [1.29, 1.82) is 0 Å². The third kappa shape index (κ3) is 3.32. The molecule has 1 spiro atoms. The van der Waals surface area contributed by atoms with Crippen LogP contribution in [-0.2, 0) is 20.3 Å². The average Bonchev–Trinajstić information content (AvgIpc) is 2.78. The second-order valence-corrected chi connectivity index (χ2v) is 7.60. The molecule has 0 bridgehead atoms. The van der Waals surface area contributed by atoms with Crippen molar-refractivity contribution in [2.24, 2.45) is 11.7 Å². The van der Waals surface area contributed by atoms with Gasteiger partial charge in [-0.2, -0.15) is 0 Å². The van der Waals surface area contributed by atoms with E-state index >= 15 is 0 Å². The zero-order chi connectivity index (χ0) is 13.2. The monoisotopic (exact) mass is 275 g/mol. The second-order valence-electron chi connectivity index (χ2n) is 5.82. The molecule has 106 valence electrons. The normalized spacial score (nSPS) is 33.1. The van der Waals surface area contributed by atoms with E-state index in [9.17, 15) is 4.21 Å². The summed E-state index contributed by atoms with van der Waals surface area (Å²) in [6, 6.07) is 0.0245. The third-order valence-electron chi connectivity index (χ3n) is 3.90. The van der Waals surface area contributed by atoms with Gasteiger partial charge in [0.25, 0.3) is 0 Å². The van der Waals surface area contributed by atoms with Crippen LogP contribution in [0.2, 0.25) is 0 Å². The summed E-state index contributed by atoms with van der Waals surface area (Å²) in [6.07, 6.45) is 3.37. The molecule has 5 heteroatoms. The quantitative estimate of drug-likeness (QED) is 0.842. The van der Waals surface area contributed by atoms with Gasteiger partial charge in [-0.05, 0) is 18.8 Å². The van der Waals surface area contributed by atoms with Crippen LogP contribution in [0.1, 0.15) is 39.5 Å². The van der Waals surface area contributed by atoms with E-state index in [1.807, 2.05) is 0 Å². The first-order valence-electron chi connectivity index (χ1n) is 6.93. The van der Waals surface area contributed by atoms with Crippen LogP contribution in [0.25, 0.3) is 0 Å². The number of rotatable bonds is 4. The van der Waals surface area contributed by atoms with Crippen LogP contribution in [0.4, 0.5) is 0 Å². The Kier molecular flexibility index (Phi) is 4.80. The molecule has 3 unspecified atom stereocenters. The summed E-state index contributed by atoms with van der Waals surface area (Å²) in [6.45, 7) is 5.62. The molecule has 1 heterocycles. The first kappa shape index (κ1) is 14.4. The maximum Gasteiger partial charge on any atom is 0.169 e. The van der Waals surface area contributed by atoms with E-state index in [2.05, 4.69) is 13.8 Å². The molecule has 3 atom stereocenters. The van der Waals surface area contributed by atoms with Gasteiger partial charge >= 0.3 is 0 Å². The molecule has 18 heavy (non-hydrogen) atoms. The minimum absolute atomic E-state index is 0.0237. The molecule has 0 amide bonds. The fraction of sp³-hybridized carbons (Fsp3) is 1.00. The molecular formula is C13H25NO3S. The van der Waals surface area contributed by atoms with Gasteiger partial charge in [0.05, 0.1) is 18.5 Å². The van der Waals surface area contributed by atoms with Crippen LogP contribution in [0.3, 0.4) is 0 Å². The summed E-state index contributed by atoms with van der Waals surface area (Å²) in [5, 5.41) is 0.0237.